The molecule has 1 aliphatic rings. The summed E-state index contributed by atoms with van der Waals surface area (Å²) in [7, 11) is 0. The first-order valence-corrected chi connectivity index (χ1v) is 7.05. The molecule has 1 aromatic rings. The topological polar surface area (TPSA) is 132 Å². The van der Waals surface area contributed by atoms with Crippen LogP contribution in [0.4, 0.5) is 0 Å². The molecule has 0 saturated heterocycles. The third-order valence-electron chi connectivity index (χ3n) is 3.25. The number of aliphatic imine (C=N–C) groups is 2. The lowest BCUT2D eigenvalue weighted by molar-refractivity contribution is 0.201. The molecule has 0 amide bonds. The van der Waals surface area contributed by atoms with Crippen LogP contribution in [0, 0.1) is 0 Å². The van der Waals surface area contributed by atoms with Crippen LogP contribution in [-0.4, -0.2) is 36.8 Å². The lowest BCUT2D eigenvalue weighted by Gasteiger charge is -2.09. The van der Waals surface area contributed by atoms with Gasteiger partial charge in [-0.1, -0.05) is 12.1 Å². The lowest BCUT2D eigenvalue weighted by Crippen LogP contribution is -2.26. The Morgan fingerprint density at radius 2 is 2.09 bits per heavy atom. The number of aliphatic hydroxyl groups excluding tert-OH is 1. The van der Waals surface area contributed by atoms with E-state index in [0.717, 1.165) is 24.2 Å². The standard InChI is InChI=1S/C15H21N5O2/c16-14(17)20-15(18)19-6-5-11-2-1-10-3-4-12(9-13(10)11)22-8-7-21/h2-4,9,21H,1,5-8H2,(H6,16,17,18,19,20). The van der Waals surface area contributed by atoms with Crippen molar-refractivity contribution in [3.8, 4) is 5.75 Å². The monoisotopic (exact) mass is 303 g/mol. The number of nitrogens with two attached hydrogens (primary N) is 3. The zero-order chi connectivity index (χ0) is 15.9. The zero-order valence-corrected chi connectivity index (χ0v) is 12.3. The number of rotatable bonds is 6. The van der Waals surface area contributed by atoms with Gasteiger partial charge in [-0.2, -0.15) is 4.99 Å². The number of nitrogens with zero attached hydrogens (tertiary/aromatic N) is 2. The molecule has 0 fully saturated rings. The number of hydrogen-bond donors (Lipinski definition) is 4. The van der Waals surface area contributed by atoms with Crippen molar-refractivity contribution in [2.24, 2.45) is 27.2 Å². The van der Waals surface area contributed by atoms with Gasteiger partial charge in [0.05, 0.1) is 6.61 Å². The van der Waals surface area contributed by atoms with Crippen molar-refractivity contribution in [2.45, 2.75) is 12.8 Å². The van der Waals surface area contributed by atoms with Crippen molar-refractivity contribution in [1.82, 2.24) is 0 Å². The number of allylic oxidation sites excluding steroid dienone is 1. The van der Waals surface area contributed by atoms with Crippen LogP contribution in [0.1, 0.15) is 17.5 Å². The van der Waals surface area contributed by atoms with Gasteiger partial charge in [0.1, 0.15) is 12.4 Å². The average molecular weight is 303 g/mol. The highest BCUT2D eigenvalue weighted by molar-refractivity contribution is 5.92. The van der Waals surface area contributed by atoms with E-state index in [2.05, 4.69) is 16.1 Å². The molecule has 7 heteroatoms. The van der Waals surface area contributed by atoms with E-state index in [9.17, 15) is 0 Å². The Kier molecular flexibility index (Phi) is 5.37. The third-order valence-corrected chi connectivity index (χ3v) is 3.25. The molecule has 0 bridgehead atoms. The van der Waals surface area contributed by atoms with Gasteiger partial charge in [-0.25, -0.2) is 0 Å². The molecule has 22 heavy (non-hydrogen) atoms. The highest BCUT2D eigenvalue weighted by atomic mass is 16.5. The maximum absolute atomic E-state index is 8.81. The highest BCUT2D eigenvalue weighted by Crippen LogP contribution is 2.32. The molecule has 2 rings (SSSR count). The predicted molar refractivity (Wildman–Crippen MR) is 87.6 cm³/mol. The van der Waals surface area contributed by atoms with Crippen molar-refractivity contribution in [1.29, 1.82) is 0 Å². The van der Waals surface area contributed by atoms with Crippen LogP contribution in [0.3, 0.4) is 0 Å². The van der Waals surface area contributed by atoms with Crippen molar-refractivity contribution in [2.75, 3.05) is 19.8 Å². The molecule has 118 valence electrons. The van der Waals surface area contributed by atoms with Gasteiger partial charge >= 0.3 is 0 Å². The number of fused-ring (bicyclic) bond motifs is 1. The first kappa shape index (κ1) is 15.8. The van der Waals surface area contributed by atoms with Gasteiger partial charge in [0, 0.05) is 6.54 Å². The van der Waals surface area contributed by atoms with Crippen molar-refractivity contribution in [3.05, 3.63) is 35.4 Å². The number of aliphatic hydroxyl groups is 1. The van der Waals surface area contributed by atoms with Gasteiger partial charge in [-0.3, -0.25) is 4.99 Å². The normalized spacial score (nSPS) is 13.5. The zero-order valence-electron chi connectivity index (χ0n) is 12.3. The summed E-state index contributed by atoms with van der Waals surface area (Å²) in [4.78, 5) is 7.79. The summed E-state index contributed by atoms with van der Waals surface area (Å²) in [5.41, 5.74) is 19.6. The second kappa shape index (κ2) is 7.46. The summed E-state index contributed by atoms with van der Waals surface area (Å²) in [5.74, 6) is 0.736. The molecule has 0 aliphatic heterocycles. The predicted octanol–water partition coefficient (Wildman–Crippen LogP) is -0.0246. The van der Waals surface area contributed by atoms with Gasteiger partial charge in [0.25, 0.3) is 0 Å². The second-order valence-corrected chi connectivity index (χ2v) is 4.85. The minimum absolute atomic E-state index is 0.00142. The van der Waals surface area contributed by atoms with E-state index in [1.807, 2.05) is 18.2 Å². The van der Waals surface area contributed by atoms with Gasteiger partial charge < -0.3 is 27.0 Å². The Morgan fingerprint density at radius 3 is 2.82 bits per heavy atom. The molecular formula is C15H21N5O2. The number of ether oxygens (including phenoxy) is 1. The summed E-state index contributed by atoms with van der Waals surface area (Å²) in [5, 5.41) is 8.81. The fraction of sp³-hybridized carbons (Fsp3) is 0.333. The maximum Gasteiger partial charge on any atom is 0.218 e. The summed E-state index contributed by atoms with van der Waals surface area (Å²) >= 11 is 0. The van der Waals surface area contributed by atoms with Crippen LogP contribution in [0.5, 0.6) is 5.75 Å². The van der Waals surface area contributed by atoms with E-state index in [0.29, 0.717) is 6.54 Å². The van der Waals surface area contributed by atoms with E-state index < -0.39 is 0 Å². The number of benzene rings is 1. The van der Waals surface area contributed by atoms with Crippen LogP contribution in [0.2, 0.25) is 0 Å². The van der Waals surface area contributed by atoms with E-state index in [4.69, 9.17) is 27.0 Å². The van der Waals surface area contributed by atoms with E-state index >= 15 is 0 Å². The average Bonchev–Trinajstić information content (AvgIpc) is 2.87. The molecule has 0 spiro atoms. The Hall–Kier alpha value is -2.54. The van der Waals surface area contributed by atoms with Gasteiger partial charge in [-0.05, 0) is 41.7 Å². The Labute approximate surface area is 129 Å². The minimum atomic E-state index is -0.0997. The Morgan fingerprint density at radius 1 is 1.27 bits per heavy atom. The molecule has 0 saturated carbocycles. The fourth-order valence-corrected chi connectivity index (χ4v) is 2.32. The molecule has 1 aromatic carbocycles. The van der Waals surface area contributed by atoms with Crippen molar-refractivity contribution < 1.29 is 9.84 Å². The van der Waals surface area contributed by atoms with E-state index in [1.54, 1.807) is 0 Å². The minimum Gasteiger partial charge on any atom is -0.491 e. The maximum atomic E-state index is 8.81. The van der Waals surface area contributed by atoms with Crippen LogP contribution in [-0.2, 0) is 6.42 Å². The van der Waals surface area contributed by atoms with Crippen LogP contribution in [0.15, 0.2) is 34.3 Å². The molecule has 7 N–H and O–H groups in total. The molecular weight excluding hydrogens is 282 g/mol. The first-order valence-electron chi connectivity index (χ1n) is 7.05. The van der Waals surface area contributed by atoms with E-state index in [-0.39, 0.29) is 25.1 Å². The van der Waals surface area contributed by atoms with Gasteiger partial charge in [0.2, 0.25) is 5.96 Å². The molecule has 0 heterocycles. The Balaban J connectivity index is 2.00. The van der Waals surface area contributed by atoms with Crippen LogP contribution in [0.25, 0.3) is 5.57 Å². The lowest BCUT2D eigenvalue weighted by atomic mass is 10.0. The van der Waals surface area contributed by atoms with E-state index in [1.165, 1.54) is 11.1 Å². The second-order valence-electron chi connectivity index (χ2n) is 4.85. The summed E-state index contributed by atoms with van der Waals surface area (Å²) in [6.07, 6.45) is 3.82. The van der Waals surface area contributed by atoms with Crippen LogP contribution < -0.4 is 21.9 Å². The summed E-state index contributed by atoms with van der Waals surface area (Å²) < 4.78 is 5.44. The molecule has 0 unspecified atom stereocenters. The molecule has 0 aromatic heterocycles. The molecule has 7 nitrogen and oxygen atoms in total. The third kappa shape index (κ3) is 4.23. The summed E-state index contributed by atoms with van der Waals surface area (Å²) in [6.45, 7) is 0.797. The Bertz CT molecular complexity index is 618. The molecule has 1 aliphatic carbocycles. The first-order chi connectivity index (χ1) is 10.6. The molecule has 0 radical (unpaired) electrons. The SMILES string of the molecule is NC(N)=NC(N)=NCCC1=CCc2ccc(OCCO)cc21. The van der Waals surface area contributed by atoms with Crippen LogP contribution >= 0.6 is 0 Å². The molecule has 0 atom stereocenters. The quantitative estimate of drug-likeness (QED) is 0.433. The van der Waals surface area contributed by atoms with Gasteiger partial charge in [0.15, 0.2) is 5.96 Å². The fourth-order valence-electron chi connectivity index (χ4n) is 2.32. The highest BCUT2D eigenvalue weighted by Gasteiger charge is 2.14. The van der Waals surface area contributed by atoms with Crippen molar-refractivity contribution in [3.63, 3.8) is 0 Å². The van der Waals surface area contributed by atoms with Gasteiger partial charge in [-0.15, -0.1) is 0 Å². The van der Waals surface area contributed by atoms with Crippen molar-refractivity contribution >= 4 is 17.5 Å². The summed E-state index contributed by atoms with van der Waals surface area (Å²) in [6, 6.07) is 5.95. The largest absolute Gasteiger partial charge is 0.491 e. The number of guanidine groups is 2. The smallest absolute Gasteiger partial charge is 0.218 e. The number of hydrogen-bond acceptors (Lipinski definition) is 3.